The van der Waals surface area contributed by atoms with E-state index in [0.717, 1.165) is 50.1 Å². The Kier molecular flexibility index (Phi) is 9.16. The van der Waals surface area contributed by atoms with Crippen LogP contribution in [0.5, 0.6) is 0 Å². The predicted molar refractivity (Wildman–Crippen MR) is 268 cm³/mol. The highest BCUT2D eigenvalue weighted by Crippen LogP contribution is 2.41. The molecule has 0 saturated carbocycles. The van der Waals surface area contributed by atoms with Gasteiger partial charge in [-0.2, -0.15) is 0 Å². The van der Waals surface area contributed by atoms with E-state index < -0.39 is 0 Å². The zero-order valence-corrected chi connectivity index (χ0v) is 34.9. The van der Waals surface area contributed by atoms with Crippen molar-refractivity contribution in [2.24, 2.45) is 0 Å². The molecule has 11 aromatic carbocycles. The Labute approximate surface area is 371 Å². The lowest BCUT2D eigenvalue weighted by molar-refractivity contribution is 1.07. The molecule has 0 spiro atoms. The van der Waals surface area contributed by atoms with E-state index >= 15 is 0 Å². The zero-order valence-electron chi connectivity index (χ0n) is 34.9. The Morgan fingerprint density at radius 1 is 0.203 bits per heavy atom. The van der Waals surface area contributed by atoms with Crippen molar-refractivity contribution in [2.45, 2.75) is 0 Å². The van der Waals surface area contributed by atoms with Crippen molar-refractivity contribution in [2.75, 3.05) is 0 Å². The summed E-state index contributed by atoms with van der Waals surface area (Å²) >= 11 is 0. The molecule has 0 unspecified atom stereocenters. The molecule has 0 radical (unpaired) electrons. The molecule has 0 aliphatic carbocycles. The molecular formula is C61H39N3. The van der Waals surface area contributed by atoms with E-state index in [1.54, 1.807) is 0 Å². The van der Waals surface area contributed by atoms with Crippen molar-refractivity contribution < 1.29 is 0 Å². The van der Waals surface area contributed by atoms with Crippen LogP contribution < -0.4 is 0 Å². The molecule has 0 atom stereocenters. The molecule has 1 heterocycles. The third-order valence-corrected chi connectivity index (χ3v) is 12.5. The predicted octanol–water partition coefficient (Wildman–Crippen LogP) is 16.2. The van der Waals surface area contributed by atoms with Crippen molar-refractivity contribution in [3.63, 3.8) is 0 Å². The van der Waals surface area contributed by atoms with Gasteiger partial charge in [-0.15, -0.1) is 0 Å². The first-order valence-electron chi connectivity index (χ1n) is 21.8. The fourth-order valence-electron chi connectivity index (χ4n) is 9.40. The molecule has 298 valence electrons. The van der Waals surface area contributed by atoms with Crippen LogP contribution in [0.15, 0.2) is 237 Å². The fourth-order valence-corrected chi connectivity index (χ4v) is 9.40. The maximum atomic E-state index is 5.32. The lowest BCUT2D eigenvalue weighted by Crippen LogP contribution is -2.02. The van der Waals surface area contributed by atoms with Gasteiger partial charge in [0.25, 0.3) is 0 Å². The molecule has 0 N–H and O–H groups in total. The van der Waals surface area contributed by atoms with Gasteiger partial charge in [-0.05, 0) is 112 Å². The van der Waals surface area contributed by atoms with E-state index in [0.29, 0.717) is 17.5 Å². The number of aromatic nitrogens is 3. The Hall–Kier alpha value is -8.53. The van der Waals surface area contributed by atoms with Crippen LogP contribution >= 0.6 is 0 Å². The quantitative estimate of drug-likeness (QED) is 0.119. The minimum absolute atomic E-state index is 0.612. The van der Waals surface area contributed by atoms with Crippen LogP contribution in [-0.2, 0) is 0 Å². The molecular weight excluding hydrogens is 775 g/mol. The standard InChI is InChI=1S/C61H39N3/c1-2-17-41(18-3-1)50-26-10-12-30-55(50)60-62-59(63-61(64-60)56-31-13-11-28-52(56)47-33-32-40-16-4-5-20-43(40)36-47)49-25-15-23-45(38-49)44-22-14-24-48(37-44)58-53-29-9-7-21-46(53)39-57-51-27-8-6-19-42(51)34-35-54(57)58/h1-39H. The Bertz CT molecular complexity index is 3740. The molecule has 0 fully saturated rings. The average molecular weight is 814 g/mol. The van der Waals surface area contributed by atoms with Gasteiger partial charge in [-0.1, -0.05) is 212 Å². The van der Waals surface area contributed by atoms with Gasteiger partial charge in [0.05, 0.1) is 0 Å². The Balaban J connectivity index is 1.02. The van der Waals surface area contributed by atoms with Gasteiger partial charge in [0.2, 0.25) is 0 Å². The largest absolute Gasteiger partial charge is 0.208 e. The lowest BCUT2D eigenvalue weighted by atomic mass is 9.89. The summed E-state index contributed by atoms with van der Waals surface area (Å²) in [7, 11) is 0. The SMILES string of the molecule is c1ccc(-c2ccccc2-c2nc(-c3cccc(-c4cccc(-c5c6ccccc6cc6c5ccc5ccccc56)c4)c3)nc(-c3ccccc3-c3ccc4ccccc4c3)n2)cc1. The smallest absolute Gasteiger partial charge is 0.164 e. The third-order valence-electron chi connectivity index (χ3n) is 12.5. The van der Waals surface area contributed by atoms with Crippen LogP contribution in [0.2, 0.25) is 0 Å². The van der Waals surface area contributed by atoms with Crippen molar-refractivity contribution in [1.29, 1.82) is 0 Å². The summed E-state index contributed by atoms with van der Waals surface area (Å²) in [6.07, 6.45) is 0. The molecule has 1 aromatic heterocycles. The summed E-state index contributed by atoms with van der Waals surface area (Å²) in [5, 5.41) is 9.87. The van der Waals surface area contributed by atoms with E-state index in [9.17, 15) is 0 Å². The van der Waals surface area contributed by atoms with Gasteiger partial charge in [-0.25, -0.2) is 15.0 Å². The van der Waals surface area contributed by atoms with Crippen molar-refractivity contribution in [3.05, 3.63) is 237 Å². The summed E-state index contributed by atoms with van der Waals surface area (Å²) in [4.78, 5) is 15.9. The molecule has 3 heteroatoms. The van der Waals surface area contributed by atoms with E-state index in [1.165, 1.54) is 54.2 Å². The maximum absolute atomic E-state index is 5.32. The summed E-state index contributed by atoms with van der Waals surface area (Å²) in [5.41, 5.74) is 11.8. The monoisotopic (exact) mass is 813 g/mol. The Morgan fingerprint density at radius 2 is 0.703 bits per heavy atom. The van der Waals surface area contributed by atoms with Crippen LogP contribution in [0.3, 0.4) is 0 Å². The van der Waals surface area contributed by atoms with E-state index in [2.05, 4.69) is 231 Å². The molecule has 0 aliphatic rings. The van der Waals surface area contributed by atoms with E-state index in [1.807, 2.05) is 6.07 Å². The molecule has 0 amide bonds. The molecule has 0 aliphatic heterocycles. The number of hydrogen-bond donors (Lipinski definition) is 0. The van der Waals surface area contributed by atoms with Crippen LogP contribution in [0.4, 0.5) is 0 Å². The highest BCUT2D eigenvalue weighted by atomic mass is 15.0. The fraction of sp³-hybridized carbons (Fsp3) is 0. The summed E-state index contributed by atoms with van der Waals surface area (Å²) < 4.78 is 0. The van der Waals surface area contributed by atoms with Crippen molar-refractivity contribution >= 4 is 43.1 Å². The first kappa shape index (κ1) is 37.2. The average Bonchev–Trinajstić information content (AvgIpc) is 3.38. The minimum Gasteiger partial charge on any atom is -0.208 e. The lowest BCUT2D eigenvalue weighted by Gasteiger charge is -2.15. The normalized spacial score (nSPS) is 11.4. The summed E-state index contributed by atoms with van der Waals surface area (Å²) in [5.74, 6) is 1.85. The Morgan fingerprint density at radius 3 is 1.44 bits per heavy atom. The zero-order chi connectivity index (χ0) is 42.4. The topological polar surface area (TPSA) is 38.7 Å². The van der Waals surface area contributed by atoms with Gasteiger partial charge >= 0.3 is 0 Å². The van der Waals surface area contributed by atoms with Crippen LogP contribution in [-0.4, -0.2) is 15.0 Å². The second-order valence-electron chi connectivity index (χ2n) is 16.3. The maximum Gasteiger partial charge on any atom is 0.164 e. The highest BCUT2D eigenvalue weighted by Gasteiger charge is 2.19. The molecule has 64 heavy (non-hydrogen) atoms. The van der Waals surface area contributed by atoms with Crippen molar-refractivity contribution in [3.8, 4) is 78.7 Å². The summed E-state index contributed by atoms with van der Waals surface area (Å²) in [6, 6.07) is 84.3. The molecule has 12 aromatic rings. The number of fused-ring (bicyclic) bond motifs is 5. The highest BCUT2D eigenvalue weighted by molar-refractivity contribution is 6.20. The van der Waals surface area contributed by atoms with Gasteiger partial charge in [0.1, 0.15) is 0 Å². The number of nitrogens with zero attached hydrogens (tertiary/aromatic N) is 3. The van der Waals surface area contributed by atoms with Crippen LogP contribution in [0.25, 0.3) is 122 Å². The number of hydrogen-bond acceptors (Lipinski definition) is 3. The minimum atomic E-state index is 0.612. The van der Waals surface area contributed by atoms with Gasteiger partial charge in [-0.3, -0.25) is 0 Å². The molecule has 12 rings (SSSR count). The molecule has 3 nitrogen and oxygen atoms in total. The molecule has 0 bridgehead atoms. The first-order chi connectivity index (χ1) is 31.7. The first-order valence-corrected chi connectivity index (χ1v) is 21.8. The van der Waals surface area contributed by atoms with Crippen LogP contribution in [0, 0.1) is 0 Å². The second-order valence-corrected chi connectivity index (χ2v) is 16.3. The van der Waals surface area contributed by atoms with Gasteiger partial charge in [0, 0.05) is 16.7 Å². The summed E-state index contributed by atoms with van der Waals surface area (Å²) in [6.45, 7) is 0. The van der Waals surface area contributed by atoms with Gasteiger partial charge in [0.15, 0.2) is 17.5 Å². The van der Waals surface area contributed by atoms with Crippen molar-refractivity contribution in [1.82, 2.24) is 15.0 Å². The van der Waals surface area contributed by atoms with Crippen LogP contribution in [0.1, 0.15) is 0 Å². The molecule has 0 saturated heterocycles. The third kappa shape index (κ3) is 6.68. The van der Waals surface area contributed by atoms with E-state index in [4.69, 9.17) is 15.0 Å². The second kappa shape index (κ2) is 15.7. The van der Waals surface area contributed by atoms with E-state index in [-0.39, 0.29) is 0 Å². The number of rotatable bonds is 7. The van der Waals surface area contributed by atoms with Gasteiger partial charge < -0.3 is 0 Å². The number of benzene rings is 11.